The van der Waals surface area contributed by atoms with Crippen molar-refractivity contribution in [3.8, 4) is 0 Å². The molecule has 0 unspecified atom stereocenters. The highest BCUT2D eigenvalue weighted by molar-refractivity contribution is 7.80. The summed E-state index contributed by atoms with van der Waals surface area (Å²) >= 11 is 5.76. The van der Waals surface area contributed by atoms with Crippen LogP contribution in [0.4, 0.5) is 5.69 Å². The standard InChI is InChI=1S/C25H25N3O2S/c1-3-18-9-4-5-12-22(18)26-25(31)28(16-21-11-7-13-30-21)15-20-14-19-10-6-8-17(2)23(19)27-24(20)29/h4-14H,3,15-16H2,1-2H3,(H,26,31)(H,27,29). The summed E-state index contributed by atoms with van der Waals surface area (Å²) in [5.41, 5.74) is 4.61. The van der Waals surface area contributed by atoms with E-state index in [1.807, 2.05) is 66.4 Å². The lowest BCUT2D eigenvalue weighted by molar-refractivity contribution is 0.359. The lowest BCUT2D eigenvalue weighted by Gasteiger charge is -2.25. The molecule has 0 radical (unpaired) electrons. The number of para-hydroxylation sites is 2. The number of aromatic nitrogens is 1. The molecule has 0 aliphatic rings. The minimum atomic E-state index is -0.108. The van der Waals surface area contributed by atoms with Crippen molar-refractivity contribution >= 4 is 33.9 Å². The van der Waals surface area contributed by atoms with Crippen LogP contribution in [0, 0.1) is 6.92 Å². The van der Waals surface area contributed by atoms with E-state index in [1.54, 1.807) is 6.26 Å². The van der Waals surface area contributed by atoms with Crippen molar-refractivity contribution in [1.29, 1.82) is 0 Å². The van der Waals surface area contributed by atoms with Gasteiger partial charge in [0.1, 0.15) is 5.76 Å². The number of furan rings is 1. The molecule has 0 amide bonds. The van der Waals surface area contributed by atoms with Crippen LogP contribution in [0.15, 0.2) is 76.1 Å². The zero-order valence-corrected chi connectivity index (χ0v) is 18.5. The van der Waals surface area contributed by atoms with E-state index in [0.29, 0.717) is 23.8 Å². The van der Waals surface area contributed by atoms with Crippen LogP contribution in [0.2, 0.25) is 0 Å². The molecule has 0 bridgehead atoms. The van der Waals surface area contributed by atoms with Crippen LogP contribution >= 0.6 is 12.2 Å². The Balaban J connectivity index is 1.65. The average Bonchev–Trinajstić information content (AvgIpc) is 3.28. The highest BCUT2D eigenvalue weighted by Crippen LogP contribution is 2.19. The summed E-state index contributed by atoms with van der Waals surface area (Å²) in [5, 5.41) is 4.91. The van der Waals surface area contributed by atoms with E-state index in [-0.39, 0.29) is 5.56 Å². The van der Waals surface area contributed by atoms with Crippen LogP contribution < -0.4 is 10.9 Å². The first kappa shape index (κ1) is 20.9. The van der Waals surface area contributed by atoms with Crippen molar-refractivity contribution in [2.24, 2.45) is 0 Å². The molecule has 4 rings (SSSR count). The maximum Gasteiger partial charge on any atom is 0.253 e. The molecule has 0 saturated heterocycles. The van der Waals surface area contributed by atoms with Crippen molar-refractivity contribution in [2.45, 2.75) is 33.4 Å². The Morgan fingerprint density at radius 3 is 2.68 bits per heavy atom. The second-order valence-corrected chi connectivity index (χ2v) is 7.93. The molecule has 0 atom stereocenters. The Kier molecular flexibility index (Phi) is 6.18. The predicted octanol–water partition coefficient (Wildman–Crippen LogP) is 5.39. The molecule has 0 aliphatic heterocycles. The van der Waals surface area contributed by atoms with E-state index < -0.39 is 0 Å². The number of fused-ring (bicyclic) bond motifs is 1. The van der Waals surface area contributed by atoms with Crippen molar-refractivity contribution < 1.29 is 4.42 Å². The molecule has 2 aromatic carbocycles. The van der Waals surface area contributed by atoms with Crippen molar-refractivity contribution in [1.82, 2.24) is 9.88 Å². The third-order valence-electron chi connectivity index (χ3n) is 5.38. The molecule has 2 aromatic heterocycles. The highest BCUT2D eigenvalue weighted by atomic mass is 32.1. The van der Waals surface area contributed by atoms with E-state index in [4.69, 9.17) is 16.6 Å². The quantitative estimate of drug-likeness (QED) is 0.401. The van der Waals surface area contributed by atoms with Gasteiger partial charge in [0.2, 0.25) is 0 Å². The minimum Gasteiger partial charge on any atom is -0.467 e. The van der Waals surface area contributed by atoms with E-state index in [9.17, 15) is 4.79 Å². The average molecular weight is 432 g/mol. The molecule has 6 heteroatoms. The monoisotopic (exact) mass is 431 g/mol. The molecule has 2 N–H and O–H groups in total. The van der Waals surface area contributed by atoms with E-state index in [2.05, 4.69) is 23.3 Å². The molecule has 0 spiro atoms. The van der Waals surface area contributed by atoms with Gasteiger partial charge in [0, 0.05) is 11.3 Å². The van der Waals surface area contributed by atoms with Gasteiger partial charge in [0.05, 0.1) is 24.9 Å². The Labute approximate surface area is 186 Å². The van der Waals surface area contributed by atoms with Crippen LogP contribution in [0.5, 0.6) is 0 Å². The van der Waals surface area contributed by atoms with Crippen LogP contribution in [-0.4, -0.2) is 15.0 Å². The number of aromatic amines is 1. The minimum absolute atomic E-state index is 0.108. The SMILES string of the molecule is CCc1ccccc1NC(=S)N(Cc1ccco1)Cc1cc2cccc(C)c2[nH]c1=O. The number of aryl methyl sites for hydroxylation is 2. The van der Waals surface area contributed by atoms with Crippen molar-refractivity contribution in [3.63, 3.8) is 0 Å². The number of pyridine rings is 1. The Bertz CT molecular complexity index is 1260. The van der Waals surface area contributed by atoms with Gasteiger partial charge in [-0.15, -0.1) is 0 Å². The third kappa shape index (κ3) is 4.70. The normalized spacial score (nSPS) is 10.9. The number of nitrogens with one attached hydrogen (secondary N) is 2. The lowest BCUT2D eigenvalue weighted by atomic mass is 10.1. The molecule has 4 aromatic rings. The summed E-state index contributed by atoms with van der Waals surface area (Å²) in [5.74, 6) is 0.779. The molecule has 5 nitrogen and oxygen atoms in total. The van der Waals surface area contributed by atoms with Gasteiger partial charge >= 0.3 is 0 Å². The van der Waals surface area contributed by atoms with E-state index >= 15 is 0 Å². The summed E-state index contributed by atoms with van der Waals surface area (Å²) < 4.78 is 5.55. The maximum atomic E-state index is 12.8. The fourth-order valence-electron chi connectivity index (χ4n) is 3.69. The smallest absolute Gasteiger partial charge is 0.253 e. The third-order valence-corrected chi connectivity index (χ3v) is 5.74. The Morgan fingerprint density at radius 1 is 1.06 bits per heavy atom. The number of thiocarbonyl (C=S) groups is 1. The van der Waals surface area contributed by atoms with Gasteiger partial charge in [-0.3, -0.25) is 4.79 Å². The van der Waals surface area contributed by atoms with Crippen LogP contribution in [0.25, 0.3) is 10.9 Å². The Hall–Kier alpha value is -3.38. The number of rotatable bonds is 6. The van der Waals surface area contributed by atoms with E-state index in [0.717, 1.165) is 34.3 Å². The number of benzene rings is 2. The summed E-state index contributed by atoms with van der Waals surface area (Å²) in [6.45, 7) is 4.92. The highest BCUT2D eigenvalue weighted by Gasteiger charge is 2.16. The first-order valence-corrected chi connectivity index (χ1v) is 10.7. The number of anilines is 1. The fraction of sp³-hybridized carbons (Fsp3) is 0.200. The number of nitrogens with zero attached hydrogens (tertiary/aromatic N) is 1. The van der Waals surface area contributed by atoms with E-state index in [1.165, 1.54) is 5.56 Å². The molecule has 31 heavy (non-hydrogen) atoms. The molecule has 2 heterocycles. The van der Waals surface area contributed by atoms with Gasteiger partial charge in [0.15, 0.2) is 5.11 Å². The Morgan fingerprint density at radius 2 is 1.90 bits per heavy atom. The summed E-state index contributed by atoms with van der Waals surface area (Å²) in [7, 11) is 0. The predicted molar refractivity (Wildman–Crippen MR) is 129 cm³/mol. The second-order valence-electron chi connectivity index (χ2n) is 7.54. The number of H-pyrrole nitrogens is 1. The van der Waals surface area contributed by atoms with Gasteiger partial charge in [-0.2, -0.15) is 0 Å². The first-order chi connectivity index (χ1) is 15.0. The molecule has 0 fully saturated rings. The zero-order valence-electron chi connectivity index (χ0n) is 17.6. The van der Waals surface area contributed by atoms with Crippen molar-refractivity contribution in [3.05, 3.63) is 99.7 Å². The van der Waals surface area contributed by atoms with Crippen LogP contribution in [0.3, 0.4) is 0 Å². The van der Waals surface area contributed by atoms with Gasteiger partial charge in [-0.05, 0) is 66.3 Å². The second kappa shape index (κ2) is 9.18. The first-order valence-electron chi connectivity index (χ1n) is 10.3. The van der Waals surface area contributed by atoms with Crippen LogP contribution in [0.1, 0.15) is 29.4 Å². The summed E-state index contributed by atoms with van der Waals surface area (Å²) in [4.78, 5) is 17.8. The van der Waals surface area contributed by atoms with Gasteiger partial charge in [-0.1, -0.05) is 43.3 Å². The maximum absolute atomic E-state index is 12.8. The van der Waals surface area contributed by atoms with Gasteiger partial charge in [0.25, 0.3) is 5.56 Å². The molecular weight excluding hydrogens is 406 g/mol. The molecule has 0 aliphatic carbocycles. The number of hydrogen-bond acceptors (Lipinski definition) is 3. The largest absolute Gasteiger partial charge is 0.467 e. The van der Waals surface area contributed by atoms with Gasteiger partial charge < -0.3 is 19.6 Å². The van der Waals surface area contributed by atoms with Crippen molar-refractivity contribution in [2.75, 3.05) is 5.32 Å². The summed E-state index contributed by atoms with van der Waals surface area (Å²) in [6, 6.07) is 19.8. The molecular formula is C25H25N3O2S. The zero-order chi connectivity index (χ0) is 21.8. The molecule has 158 valence electrons. The lowest BCUT2D eigenvalue weighted by Crippen LogP contribution is -2.35. The topological polar surface area (TPSA) is 61.3 Å². The molecule has 0 saturated carbocycles. The fourth-order valence-corrected chi connectivity index (χ4v) is 3.93. The van der Waals surface area contributed by atoms with Crippen LogP contribution in [-0.2, 0) is 19.5 Å². The van der Waals surface area contributed by atoms with Gasteiger partial charge in [-0.25, -0.2) is 0 Å². The number of hydrogen-bond donors (Lipinski definition) is 2. The summed E-state index contributed by atoms with van der Waals surface area (Å²) in [6.07, 6.45) is 2.54.